The van der Waals surface area contributed by atoms with Crippen molar-refractivity contribution in [3.63, 3.8) is 0 Å². The number of nitrogens with two attached hydrogens (primary N) is 1. The van der Waals surface area contributed by atoms with Gasteiger partial charge in [-0.15, -0.1) is 0 Å². The maximum Gasteiger partial charge on any atom is 0.254 e. The van der Waals surface area contributed by atoms with Crippen LogP contribution in [0.5, 0.6) is 0 Å². The van der Waals surface area contributed by atoms with Gasteiger partial charge in [0.25, 0.3) is 5.91 Å². The molecule has 0 radical (unpaired) electrons. The van der Waals surface area contributed by atoms with Crippen LogP contribution in [0.2, 0.25) is 0 Å². The van der Waals surface area contributed by atoms with Crippen molar-refractivity contribution < 1.29 is 19.7 Å². The van der Waals surface area contributed by atoms with Gasteiger partial charge in [-0.25, -0.2) is 9.97 Å². The molecule has 2 fully saturated rings. The third-order valence-electron chi connectivity index (χ3n) is 7.80. The molecule has 13 heteroatoms. The van der Waals surface area contributed by atoms with Crippen LogP contribution in [0.25, 0.3) is 22.3 Å². The van der Waals surface area contributed by atoms with E-state index in [9.17, 15) is 15.0 Å². The molecule has 0 unspecified atom stereocenters. The summed E-state index contributed by atoms with van der Waals surface area (Å²) in [5.74, 6) is -0.0395. The highest BCUT2D eigenvalue weighted by Crippen LogP contribution is 2.38. The van der Waals surface area contributed by atoms with E-state index in [2.05, 4.69) is 31.9 Å². The van der Waals surface area contributed by atoms with E-state index in [1.165, 1.54) is 6.33 Å². The first-order valence-corrected chi connectivity index (χ1v) is 13.4. The normalized spacial score (nSPS) is 24.7. The number of amides is 1. The zero-order chi connectivity index (χ0) is 27.8. The Bertz CT molecular complexity index is 1300. The highest BCUT2D eigenvalue weighted by molar-refractivity contribution is 5.99. The summed E-state index contributed by atoms with van der Waals surface area (Å²) < 4.78 is 9.47. The highest BCUT2D eigenvalue weighted by atomic mass is 16.6. The first-order chi connectivity index (χ1) is 18.7. The van der Waals surface area contributed by atoms with E-state index in [4.69, 9.17) is 10.5 Å². The molecule has 1 amide bonds. The number of aliphatic hydroxyl groups excluding tert-OH is 2. The van der Waals surface area contributed by atoms with Crippen molar-refractivity contribution in [3.8, 4) is 11.3 Å². The van der Waals surface area contributed by atoms with Gasteiger partial charge in [-0.3, -0.25) is 9.48 Å². The Morgan fingerprint density at radius 1 is 1.15 bits per heavy atom. The van der Waals surface area contributed by atoms with E-state index in [1.54, 1.807) is 15.4 Å². The number of hydrogen-bond acceptors (Lipinski definition) is 10. The molecular weight excluding hydrogens is 502 g/mol. The van der Waals surface area contributed by atoms with Gasteiger partial charge in [0, 0.05) is 37.6 Å². The van der Waals surface area contributed by atoms with Crippen LogP contribution in [0.1, 0.15) is 25.5 Å². The van der Waals surface area contributed by atoms with Gasteiger partial charge in [0.15, 0.2) is 12.3 Å². The SMILES string of the molecule is CN(C)CCCN(C(=O)[C@H]1O[C@@H](n2cc(-c3ccn(C)n3)c3c(N)ncnc32)[C@H](O)[C@@H]1O)C1CCN(C)CC1. The summed E-state index contributed by atoms with van der Waals surface area (Å²) >= 11 is 0. The molecule has 3 aromatic rings. The van der Waals surface area contributed by atoms with Crippen LogP contribution in [0.15, 0.2) is 24.8 Å². The number of anilines is 1. The second-order valence-corrected chi connectivity index (χ2v) is 10.9. The second-order valence-electron chi connectivity index (χ2n) is 10.9. The van der Waals surface area contributed by atoms with Gasteiger partial charge in [0.1, 0.15) is 30.0 Å². The Labute approximate surface area is 227 Å². The number of nitrogens with zero attached hydrogens (tertiary/aromatic N) is 8. The molecule has 4 N–H and O–H groups in total. The van der Waals surface area contributed by atoms with Gasteiger partial charge in [-0.2, -0.15) is 5.10 Å². The number of hydrogen-bond donors (Lipinski definition) is 3. The van der Waals surface area contributed by atoms with E-state index in [0.717, 1.165) is 38.9 Å². The summed E-state index contributed by atoms with van der Waals surface area (Å²) in [5.41, 5.74) is 7.97. The summed E-state index contributed by atoms with van der Waals surface area (Å²) in [4.78, 5) is 28.6. The van der Waals surface area contributed by atoms with Gasteiger partial charge >= 0.3 is 0 Å². The molecule has 0 spiro atoms. The Morgan fingerprint density at radius 2 is 1.90 bits per heavy atom. The Hall–Kier alpha value is -3.10. The van der Waals surface area contributed by atoms with Gasteiger partial charge in [-0.05, 0) is 66.1 Å². The number of likely N-dealkylation sites (tertiary alicyclic amines) is 1. The molecule has 2 aliphatic rings. The first-order valence-electron chi connectivity index (χ1n) is 13.4. The van der Waals surface area contributed by atoms with Crippen molar-refractivity contribution in [2.45, 2.75) is 49.8 Å². The predicted octanol–water partition coefficient (Wildman–Crippen LogP) is -0.0923. The number of fused-ring (bicyclic) bond motifs is 1. The first kappa shape index (κ1) is 27.5. The number of nitrogen functional groups attached to an aromatic ring is 1. The van der Waals surface area contributed by atoms with Gasteiger partial charge in [0.2, 0.25) is 0 Å². The Morgan fingerprint density at radius 3 is 2.56 bits per heavy atom. The van der Waals surface area contributed by atoms with Crippen molar-refractivity contribution in [2.75, 3.05) is 53.1 Å². The molecule has 5 rings (SSSR count). The third kappa shape index (κ3) is 5.37. The molecule has 0 aliphatic carbocycles. The number of carbonyl (C=O) groups is 1. The number of aryl methyl sites for hydroxylation is 1. The minimum Gasteiger partial charge on any atom is -0.387 e. The fourth-order valence-corrected chi connectivity index (χ4v) is 5.65. The van der Waals surface area contributed by atoms with E-state index in [0.29, 0.717) is 28.8 Å². The summed E-state index contributed by atoms with van der Waals surface area (Å²) in [6.45, 7) is 3.18. The van der Waals surface area contributed by atoms with E-state index in [-0.39, 0.29) is 17.8 Å². The lowest BCUT2D eigenvalue weighted by Gasteiger charge is -2.39. The molecule has 2 aliphatic heterocycles. The van der Waals surface area contributed by atoms with Crippen molar-refractivity contribution in [1.29, 1.82) is 0 Å². The standard InChI is InChI=1S/C26H39N9O4/c1-31(2)9-5-10-34(16-6-11-32(3)12-7-16)25(38)22-20(36)21(37)26(39-22)35-14-17(18-8-13-33(4)30-18)19-23(27)28-15-29-24(19)35/h8,13-16,20-22,26,36-37H,5-7,9-12H2,1-4H3,(H2,27,28,29)/t20-,21+,22-,26+/m0/s1. The smallest absolute Gasteiger partial charge is 0.254 e. The number of piperidine rings is 1. The van der Waals surface area contributed by atoms with Crippen molar-refractivity contribution in [1.82, 2.24) is 39.0 Å². The average Bonchev–Trinajstić information content (AvgIpc) is 3.58. The molecule has 4 atom stereocenters. The molecular formula is C26H39N9O4. The van der Waals surface area contributed by atoms with E-state index >= 15 is 0 Å². The lowest BCUT2D eigenvalue weighted by molar-refractivity contribution is -0.152. The zero-order valence-electron chi connectivity index (χ0n) is 23.0. The third-order valence-corrected chi connectivity index (χ3v) is 7.80. The fraction of sp³-hybridized carbons (Fsp3) is 0.615. The molecule has 5 heterocycles. The van der Waals surface area contributed by atoms with Crippen LogP contribution < -0.4 is 5.73 Å². The van der Waals surface area contributed by atoms with Crippen LogP contribution in [-0.2, 0) is 16.6 Å². The summed E-state index contributed by atoms with van der Waals surface area (Å²) in [6.07, 6.45) is 2.36. The summed E-state index contributed by atoms with van der Waals surface area (Å²) in [6, 6.07) is 1.89. The number of ether oxygens (including phenoxy) is 1. The molecule has 0 aromatic carbocycles. The minimum atomic E-state index is -1.40. The minimum absolute atomic E-state index is 0.0542. The maximum absolute atomic E-state index is 13.9. The van der Waals surface area contributed by atoms with Gasteiger partial charge in [0.05, 0.1) is 11.1 Å². The predicted molar refractivity (Wildman–Crippen MR) is 145 cm³/mol. The Balaban J connectivity index is 1.44. The number of carbonyl (C=O) groups excluding carboxylic acids is 1. The molecule has 212 valence electrons. The molecule has 2 saturated heterocycles. The van der Waals surface area contributed by atoms with Gasteiger partial charge in [-0.1, -0.05) is 0 Å². The summed E-state index contributed by atoms with van der Waals surface area (Å²) in [7, 11) is 7.90. The molecule has 39 heavy (non-hydrogen) atoms. The highest BCUT2D eigenvalue weighted by Gasteiger charge is 2.49. The molecule has 3 aromatic heterocycles. The van der Waals surface area contributed by atoms with Gasteiger partial charge < -0.3 is 40.0 Å². The van der Waals surface area contributed by atoms with Crippen LogP contribution in [0, 0.1) is 0 Å². The zero-order valence-corrected chi connectivity index (χ0v) is 23.0. The van der Waals surface area contributed by atoms with Crippen LogP contribution in [0.3, 0.4) is 0 Å². The monoisotopic (exact) mass is 541 g/mol. The lowest BCUT2D eigenvalue weighted by atomic mass is 10.0. The topological polar surface area (TPSA) is 151 Å². The summed E-state index contributed by atoms with van der Waals surface area (Å²) in [5, 5.41) is 27.3. The van der Waals surface area contributed by atoms with E-state index in [1.807, 2.05) is 38.3 Å². The number of aromatic nitrogens is 5. The number of aliphatic hydroxyl groups is 2. The van der Waals surface area contributed by atoms with Crippen LogP contribution in [-0.4, -0.2) is 127 Å². The quantitative estimate of drug-likeness (QED) is 0.353. The largest absolute Gasteiger partial charge is 0.387 e. The maximum atomic E-state index is 13.9. The number of rotatable bonds is 8. The van der Waals surface area contributed by atoms with Crippen LogP contribution in [0.4, 0.5) is 5.82 Å². The fourth-order valence-electron chi connectivity index (χ4n) is 5.65. The molecule has 13 nitrogen and oxygen atoms in total. The molecule has 0 saturated carbocycles. The average molecular weight is 542 g/mol. The Kier molecular flexibility index (Phi) is 7.87. The van der Waals surface area contributed by atoms with Crippen molar-refractivity contribution in [2.24, 2.45) is 7.05 Å². The second kappa shape index (κ2) is 11.2. The lowest BCUT2D eigenvalue weighted by Crippen LogP contribution is -2.52. The van der Waals surface area contributed by atoms with E-state index < -0.39 is 24.5 Å². The van der Waals surface area contributed by atoms with Crippen LogP contribution >= 0.6 is 0 Å². The van der Waals surface area contributed by atoms with Crippen molar-refractivity contribution >= 4 is 22.8 Å². The molecule has 0 bridgehead atoms. The van der Waals surface area contributed by atoms with Crippen molar-refractivity contribution in [3.05, 3.63) is 24.8 Å².